The van der Waals surface area contributed by atoms with Crippen molar-refractivity contribution >= 4 is 17.5 Å². The van der Waals surface area contributed by atoms with E-state index in [0.29, 0.717) is 24.9 Å². The quantitative estimate of drug-likeness (QED) is 0.723. The number of benzene rings is 1. The van der Waals surface area contributed by atoms with Gasteiger partial charge >= 0.3 is 0 Å². The summed E-state index contributed by atoms with van der Waals surface area (Å²) in [7, 11) is 0. The lowest BCUT2D eigenvalue weighted by atomic mass is 10.1. The van der Waals surface area contributed by atoms with Gasteiger partial charge in [-0.3, -0.25) is 9.59 Å². The third-order valence-corrected chi connectivity index (χ3v) is 2.93. The number of anilines is 1. The predicted octanol–water partition coefficient (Wildman–Crippen LogP) is 0.439. The smallest absolute Gasteiger partial charge is 0.246 e. The standard InChI is InChI=1S/C13H16N2O3/c16-8-7-9-1-3-10(4-2-9)14-13(18)11-5-6-12(17)15-11/h1-4,11,16H,5-8H2,(H,14,18)(H,15,17). The lowest BCUT2D eigenvalue weighted by Gasteiger charge is -2.11. The minimum absolute atomic E-state index is 0.0755. The molecule has 1 aliphatic heterocycles. The van der Waals surface area contributed by atoms with Gasteiger partial charge < -0.3 is 15.7 Å². The topological polar surface area (TPSA) is 78.4 Å². The van der Waals surface area contributed by atoms with Crippen molar-refractivity contribution in [3.8, 4) is 0 Å². The van der Waals surface area contributed by atoms with Gasteiger partial charge in [0.15, 0.2) is 0 Å². The van der Waals surface area contributed by atoms with Crippen molar-refractivity contribution in [1.29, 1.82) is 0 Å². The van der Waals surface area contributed by atoms with Gasteiger partial charge in [0.2, 0.25) is 11.8 Å². The van der Waals surface area contributed by atoms with Crippen molar-refractivity contribution in [2.24, 2.45) is 0 Å². The molecule has 1 aromatic rings. The number of rotatable bonds is 4. The largest absolute Gasteiger partial charge is 0.396 e. The van der Waals surface area contributed by atoms with Gasteiger partial charge in [0.25, 0.3) is 0 Å². The SMILES string of the molecule is O=C1CCC(C(=O)Nc2ccc(CCO)cc2)N1. The van der Waals surface area contributed by atoms with Crippen LogP contribution in [0.5, 0.6) is 0 Å². The van der Waals surface area contributed by atoms with Crippen molar-refractivity contribution in [2.45, 2.75) is 25.3 Å². The molecule has 2 amide bonds. The van der Waals surface area contributed by atoms with Crippen LogP contribution in [-0.4, -0.2) is 29.6 Å². The van der Waals surface area contributed by atoms with Gasteiger partial charge in [-0.2, -0.15) is 0 Å². The average molecular weight is 248 g/mol. The normalized spacial score (nSPS) is 18.5. The van der Waals surface area contributed by atoms with Crippen molar-refractivity contribution in [3.63, 3.8) is 0 Å². The minimum atomic E-state index is -0.422. The van der Waals surface area contributed by atoms with E-state index in [9.17, 15) is 9.59 Å². The van der Waals surface area contributed by atoms with Gasteiger partial charge in [-0.25, -0.2) is 0 Å². The zero-order chi connectivity index (χ0) is 13.0. The van der Waals surface area contributed by atoms with Crippen molar-refractivity contribution in [3.05, 3.63) is 29.8 Å². The van der Waals surface area contributed by atoms with E-state index in [1.807, 2.05) is 12.1 Å². The second kappa shape index (κ2) is 5.64. The van der Waals surface area contributed by atoms with Crippen LogP contribution < -0.4 is 10.6 Å². The highest BCUT2D eigenvalue weighted by Crippen LogP contribution is 2.13. The molecular formula is C13H16N2O3. The Morgan fingerprint density at radius 1 is 1.39 bits per heavy atom. The fourth-order valence-corrected chi connectivity index (χ4v) is 1.92. The molecule has 1 fully saturated rings. The minimum Gasteiger partial charge on any atom is -0.396 e. The summed E-state index contributed by atoms with van der Waals surface area (Å²) in [6, 6.07) is 6.88. The molecule has 5 nitrogen and oxygen atoms in total. The van der Waals surface area contributed by atoms with Crippen LogP contribution in [0.25, 0.3) is 0 Å². The molecule has 3 N–H and O–H groups in total. The molecule has 0 aliphatic carbocycles. The molecule has 96 valence electrons. The van der Waals surface area contributed by atoms with E-state index in [2.05, 4.69) is 10.6 Å². The molecule has 0 radical (unpaired) electrons. The number of carbonyl (C=O) groups is 2. The molecule has 0 saturated carbocycles. The van der Waals surface area contributed by atoms with Crippen LogP contribution >= 0.6 is 0 Å². The summed E-state index contributed by atoms with van der Waals surface area (Å²) in [6.45, 7) is 0.111. The summed E-state index contributed by atoms with van der Waals surface area (Å²) >= 11 is 0. The summed E-state index contributed by atoms with van der Waals surface area (Å²) in [5.41, 5.74) is 1.72. The van der Waals surface area contributed by atoms with Gasteiger partial charge in [0, 0.05) is 18.7 Å². The first-order chi connectivity index (χ1) is 8.69. The molecule has 0 bridgehead atoms. The Morgan fingerprint density at radius 2 is 2.11 bits per heavy atom. The van der Waals surface area contributed by atoms with Gasteiger partial charge in [-0.1, -0.05) is 12.1 Å². The summed E-state index contributed by atoms with van der Waals surface area (Å²) < 4.78 is 0. The maximum atomic E-state index is 11.8. The Morgan fingerprint density at radius 3 is 2.67 bits per heavy atom. The molecule has 2 rings (SSSR count). The van der Waals surface area contributed by atoms with E-state index in [1.165, 1.54) is 0 Å². The maximum Gasteiger partial charge on any atom is 0.246 e. The fourth-order valence-electron chi connectivity index (χ4n) is 1.92. The van der Waals surface area contributed by atoms with E-state index >= 15 is 0 Å². The van der Waals surface area contributed by atoms with E-state index in [1.54, 1.807) is 12.1 Å². The van der Waals surface area contributed by atoms with Gasteiger partial charge in [-0.15, -0.1) is 0 Å². The highest BCUT2D eigenvalue weighted by molar-refractivity contribution is 5.98. The van der Waals surface area contributed by atoms with E-state index < -0.39 is 6.04 Å². The molecule has 0 aromatic heterocycles. The average Bonchev–Trinajstić information content (AvgIpc) is 2.79. The van der Waals surface area contributed by atoms with Crippen LogP contribution in [0.15, 0.2) is 24.3 Å². The number of carbonyl (C=O) groups excluding carboxylic acids is 2. The molecule has 0 spiro atoms. The zero-order valence-corrected chi connectivity index (χ0v) is 9.98. The van der Waals surface area contributed by atoms with E-state index in [0.717, 1.165) is 5.56 Å². The van der Waals surface area contributed by atoms with Gasteiger partial charge in [0.05, 0.1) is 0 Å². The molecule has 5 heteroatoms. The fraction of sp³-hybridized carbons (Fsp3) is 0.385. The first-order valence-electron chi connectivity index (χ1n) is 5.99. The molecule has 1 aliphatic rings. The molecule has 1 aromatic carbocycles. The summed E-state index contributed by atoms with van der Waals surface area (Å²) in [5.74, 6) is -0.260. The van der Waals surface area contributed by atoms with E-state index in [4.69, 9.17) is 5.11 Å². The molecule has 1 unspecified atom stereocenters. The van der Waals surface area contributed by atoms with Crippen LogP contribution in [0.3, 0.4) is 0 Å². The zero-order valence-electron chi connectivity index (χ0n) is 9.98. The highest BCUT2D eigenvalue weighted by atomic mass is 16.3. The first kappa shape index (κ1) is 12.6. The predicted molar refractivity (Wildman–Crippen MR) is 67.0 cm³/mol. The van der Waals surface area contributed by atoms with E-state index in [-0.39, 0.29) is 18.4 Å². The molecule has 18 heavy (non-hydrogen) atoms. The Hall–Kier alpha value is -1.88. The van der Waals surface area contributed by atoms with Crippen LogP contribution in [0, 0.1) is 0 Å². The Bertz CT molecular complexity index is 442. The third-order valence-electron chi connectivity index (χ3n) is 2.93. The molecule has 1 saturated heterocycles. The first-order valence-corrected chi connectivity index (χ1v) is 5.99. The lowest BCUT2D eigenvalue weighted by molar-refractivity contribution is -0.122. The van der Waals surface area contributed by atoms with Gasteiger partial charge in [0.1, 0.15) is 6.04 Å². The molecule has 1 atom stereocenters. The van der Waals surface area contributed by atoms with Gasteiger partial charge in [-0.05, 0) is 30.5 Å². The summed E-state index contributed by atoms with van der Waals surface area (Å²) in [5, 5.41) is 14.2. The number of aliphatic hydroxyl groups excluding tert-OH is 1. The molecule has 1 heterocycles. The van der Waals surface area contributed by atoms with Crippen molar-refractivity contribution in [2.75, 3.05) is 11.9 Å². The molecular weight excluding hydrogens is 232 g/mol. The van der Waals surface area contributed by atoms with Crippen LogP contribution in [-0.2, 0) is 16.0 Å². The number of nitrogens with one attached hydrogen (secondary N) is 2. The second-order valence-corrected chi connectivity index (χ2v) is 4.32. The summed E-state index contributed by atoms with van der Waals surface area (Å²) in [6.07, 6.45) is 1.56. The highest BCUT2D eigenvalue weighted by Gasteiger charge is 2.26. The lowest BCUT2D eigenvalue weighted by Crippen LogP contribution is -2.37. The maximum absolute atomic E-state index is 11.8. The Balaban J connectivity index is 1.92. The Labute approximate surface area is 105 Å². The second-order valence-electron chi connectivity index (χ2n) is 4.32. The third kappa shape index (κ3) is 3.07. The van der Waals surface area contributed by atoms with Crippen molar-refractivity contribution in [1.82, 2.24) is 5.32 Å². The van der Waals surface area contributed by atoms with Crippen LogP contribution in [0.4, 0.5) is 5.69 Å². The number of hydrogen-bond acceptors (Lipinski definition) is 3. The number of aliphatic hydroxyl groups is 1. The number of amides is 2. The van der Waals surface area contributed by atoms with Crippen molar-refractivity contribution < 1.29 is 14.7 Å². The monoisotopic (exact) mass is 248 g/mol. The number of hydrogen-bond donors (Lipinski definition) is 3. The Kier molecular flexibility index (Phi) is 3.94. The van der Waals surface area contributed by atoms with Crippen LogP contribution in [0.1, 0.15) is 18.4 Å². The summed E-state index contributed by atoms with van der Waals surface area (Å²) in [4.78, 5) is 22.8. The van der Waals surface area contributed by atoms with Crippen LogP contribution in [0.2, 0.25) is 0 Å².